The predicted molar refractivity (Wildman–Crippen MR) is 82.2 cm³/mol. The van der Waals surface area contributed by atoms with Gasteiger partial charge in [-0.15, -0.1) is 0 Å². The fourth-order valence-electron chi connectivity index (χ4n) is 2.66. The van der Waals surface area contributed by atoms with Crippen molar-refractivity contribution in [1.29, 1.82) is 0 Å². The Labute approximate surface area is 124 Å². The number of hydrogen-bond donors (Lipinski definition) is 1. The zero-order valence-electron chi connectivity index (χ0n) is 12.3. The van der Waals surface area contributed by atoms with Crippen LogP contribution in [-0.2, 0) is 6.42 Å². The lowest BCUT2D eigenvalue weighted by Crippen LogP contribution is -2.24. The molecule has 0 radical (unpaired) electrons. The van der Waals surface area contributed by atoms with Crippen molar-refractivity contribution in [1.82, 2.24) is 0 Å². The molecule has 21 heavy (non-hydrogen) atoms. The molecular formula is C17H19NO3. The molecule has 1 atom stereocenters. The smallest absolute Gasteiger partial charge is 0.130 e. The van der Waals surface area contributed by atoms with Gasteiger partial charge < -0.3 is 19.9 Å². The Morgan fingerprint density at radius 3 is 2.48 bits per heavy atom. The van der Waals surface area contributed by atoms with E-state index in [1.807, 2.05) is 30.3 Å². The summed E-state index contributed by atoms with van der Waals surface area (Å²) in [5, 5.41) is 0. The van der Waals surface area contributed by atoms with Crippen LogP contribution in [0.25, 0.3) is 11.1 Å². The van der Waals surface area contributed by atoms with Gasteiger partial charge in [0.25, 0.3) is 0 Å². The Morgan fingerprint density at radius 2 is 1.86 bits per heavy atom. The number of rotatable bonds is 4. The van der Waals surface area contributed by atoms with Crippen molar-refractivity contribution >= 4 is 0 Å². The molecular weight excluding hydrogens is 266 g/mol. The van der Waals surface area contributed by atoms with Crippen LogP contribution < -0.4 is 19.9 Å². The van der Waals surface area contributed by atoms with Gasteiger partial charge >= 0.3 is 0 Å². The highest BCUT2D eigenvalue weighted by atomic mass is 16.5. The average Bonchev–Trinajstić information content (AvgIpc) is 2.97. The van der Waals surface area contributed by atoms with Crippen LogP contribution in [0.5, 0.6) is 17.2 Å². The van der Waals surface area contributed by atoms with E-state index < -0.39 is 0 Å². The van der Waals surface area contributed by atoms with Gasteiger partial charge in [0.05, 0.1) is 14.2 Å². The van der Waals surface area contributed by atoms with Crippen LogP contribution >= 0.6 is 0 Å². The number of benzene rings is 2. The molecule has 0 bridgehead atoms. The summed E-state index contributed by atoms with van der Waals surface area (Å²) in [7, 11) is 3.30. The van der Waals surface area contributed by atoms with Crippen LogP contribution in [0.3, 0.4) is 0 Å². The second-order valence-corrected chi connectivity index (χ2v) is 5.07. The van der Waals surface area contributed by atoms with E-state index in [-0.39, 0.29) is 6.10 Å². The van der Waals surface area contributed by atoms with Gasteiger partial charge in [-0.2, -0.15) is 0 Å². The SMILES string of the molecule is COc1cc(OC)cc(-c2cccc3c2OC(CN)C3)c1. The summed E-state index contributed by atoms with van der Waals surface area (Å²) in [5.41, 5.74) is 8.98. The molecule has 2 aromatic rings. The summed E-state index contributed by atoms with van der Waals surface area (Å²) < 4.78 is 16.7. The standard InChI is InChI=1S/C17H19NO3/c1-19-13-7-12(8-14(9-13)20-2)16-5-3-4-11-6-15(10-18)21-17(11)16/h3-5,7-9,15H,6,10,18H2,1-2H3. The normalized spacial score (nSPS) is 16.2. The van der Waals surface area contributed by atoms with Gasteiger partial charge in [-0.3, -0.25) is 0 Å². The first kappa shape index (κ1) is 13.8. The third kappa shape index (κ3) is 2.54. The molecule has 0 amide bonds. The summed E-state index contributed by atoms with van der Waals surface area (Å²) in [6, 6.07) is 12.0. The molecule has 0 saturated carbocycles. The molecule has 110 valence electrons. The predicted octanol–water partition coefficient (Wildman–Crippen LogP) is 2.63. The maximum Gasteiger partial charge on any atom is 0.130 e. The van der Waals surface area contributed by atoms with Crippen molar-refractivity contribution in [2.45, 2.75) is 12.5 Å². The highest BCUT2D eigenvalue weighted by molar-refractivity contribution is 5.75. The fourth-order valence-corrected chi connectivity index (χ4v) is 2.66. The lowest BCUT2D eigenvalue weighted by Gasteiger charge is -2.13. The van der Waals surface area contributed by atoms with E-state index in [0.29, 0.717) is 6.54 Å². The first-order valence-corrected chi connectivity index (χ1v) is 6.97. The molecule has 0 spiro atoms. The first-order chi connectivity index (χ1) is 10.2. The fraction of sp³-hybridized carbons (Fsp3) is 0.294. The minimum absolute atomic E-state index is 0.0636. The number of nitrogens with two attached hydrogens (primary N) is 1. The number of fused-ring (bicyclic) bond motifs is 1. The monoisotopic (exact) mass is 285 g/mol. The van der Waals surface area contributed by atoms with E-state index in [0.717, 1.165) is 34.8 Å². The zero-order valence-corrected chi connectivity index (χ0v) is 12.3. The van der Waals surface area contributed by atoms with Crippen LogP contribution in [-0.4, -0.2) is 26.9 Å². The molecule has 0 aromatic heterocycles. The van der Waals surface area contributed by atoms with Gasteiger partial charge in [0.1, 0.15) is 23.4 Å². The second kappa shape index (κ2) is 5.66. The first-order valence-electron chi connectivity index (χ1n) is 6.97. The molecule has 0 saturated heterocycles. The molecule has 2 aromatic carbocycles. The third-order valence-electron chi connectivity index (χ3n) is 3.75. The van der Waals surface area contributed by atoms with E-state index in [1.165, 1.54) is 5.56 Å². The minimum atomic E-state index is 0.0636. The number of ether oxygens (including phenoxy) is 3. The van der Waals surface area contributed by atoms with Crippen molar-refractivity contribution in [3.05, 3.63) is 42.0 Å². The summed E-state index contributed by atoms with van der Waals surface area (Å²) in [6.07, 6.45) is 0.925. The van der Waals surface area contributed by atoms with Crippen molar-refractivity contribution in [2.75, 3.05) is 20.8 Å². The molecule has 4 nitrogen and oxygen atoms in total. The summed E-state index contributed by atoms with van der Waals surface area (Å²) >= 11 is 0. The Morgan fingerprint density at radius 1 is 1.14 bits per heavy atom. The lowest BCUT2D eigenvalue weighted by atomic mass is 10.00. The summed E-state index contributed by atoms with van der Waals surface area (Å²) in [6.45, 7) is 0.523. The van der Waals surface area contributed by atoms with Crippen LogP contribution in [0.2, 0.25) is 0 Å². The lowest BCUT2D eigenvalue weighted by molar-refractivity contribution is 0.242. The van der Waals surface area contributed by atoms with Crippen molar-refractivity contribution < 1.29 is 14.2 Å². The van der Waals surface area contributed by atoms with E-state index in [4.69, 9.17) is 19.9 Å². The van der Waals surface area contributed by atoms with Crippen molar-refractivity contribution in [3.63, 3.8) is 0 Å². The Balaban J connectivity index is 2.08. The molecule has 1 heterocycles. The summed E-state index contributed by atoms with van der Waals surface area (Å²) in [4.78, 5) is 0. The van der Waals surface area contributed by atoms with Crippen molar-refractivity contribution in [3.8, 4) is 28.4 Å². The molecule has 0 aliphatic carbocycles. The molecule has 4 heteroatoms. The molecule has 3 rings (SSSR count). The Hall–Kier alpha value is -2.20. The maximum absolute atomic E-state index is 5.98. The zero-order chi connectivity index (χ0) is 14.8. The maximum atomic E-state index is 5.98. The number of hydrogen-bond acceptors (Lipinski definition) is 4. The van der Waals surface area contributed by atoms with Gasteiger partial charge in [0.2, 0.25) is 0 Å². The van der Waals surface area contributed by atoms with Gasteiger partial charge in [0.15, 0.2) is 0 Å². The quantitative estimate of drug-likeness (QED) is 0.938. The topological polar surface area (TPSA) is 53.7 Å². The molecule has 1 aliphatic rings. The molecule has 2 N–H and O–H groups in total. The van der Waals surface area contributed by atoms with Gasteiger partial charge in [-0.05, 0) is 23.3 Å². The van der Waals surface area contributed by atoms with E-state index in [2.05, 4.69) is 6.07 Å². The summed E-state index contributed by atoms with van der Waals surface area (Å²) in [5.74, 6) is 2.44. The second-order valence-electron chi connectivity index (χ2n) is 5.07. The highest BCUT2D eigenvalue weighted by Crippen LogP contribution is 2.40. The largest absolute Gasteiger partial charge is 0.497 e. The van der Waals surface area contributed by atoms with E-state index >= 15 is 0 Å². The number of methoxy groups -OCH3 is 2. The Bertz CT molecular complexity index is 632. The molecule has 0 fully saturated rings. The van der Waals surface area contributed by atoms with E-state index in [9.17, 15) is 0 Å². The molecule has 1 unspecified atom stereocenters. The van der Waals surface area contributed by atoms with Crippen LogP contribution in [0.1, 0.15) is 5.56 Å². The number of para-hydroxylation sites is 1. The van der Waals surface area contributed by atoms with Crippen LogP contribution in [0.15, 0.2) is 36.4 Å². The van der Waals surface area contributed by atoms with Gasteiger partial charge in [-0.1, -0.05) is 18.2 Å². The highest BCUT2D eigenvalue weighted by Gasteiger charge is 2.24. The van der Waals surface area contributed by atoms with Gasteiger partial charge in [-0.25, -0.2) is 0 Å². The van der Waals surface area contributed by atoms with Crippen LogP contribution in [0.4, 0.5) is 0 Å². The minimum Gasteiger partial charge on any atom is -0.497 e. The van der Waals surface area contributed by atoms with Gasteiger partial charge in [0, 0.05) is 24.6 Å². The third-order valence-corrected chi connectivity index (χ3v) is 3.75. The average molecular weight is 285 g/mol. The van der Waals surface area contributed by atoms with Crippen molar-refractivity contribution in [2.24, 2.45) is 5.73 Å². The van der Waals surface area contributed by atoms with Crippen LogP contribution in [0, 0.1) is 0 Å². The Kier molecular flexibility index (Phi) is 3.71. The van der Waals surface area contributed by atoms with E-state index in [1.54, 1.807) is 14.2 Å². The molecule has 1 aliphatic heterocycles.